The second kappa shape index (κ2) is 7.23. The van der Waals surface area contributed by atoms with Crippen LogP contribution in [0.2, 0.25) is 0 Å². The predicted octanol–water partition coefficient (Wildman–Crippen LogP) is 2.30. The molecular weight excluding hydrogens is 198 g/mol. The number of likely N-dealkylation sites (tertiary alicyclic amines) is 1. The summed E-state index contributed by atoms with van der Waals surface area (Å²) in [6, 6.07) is 0. The van der Waals surface area contributed by atoms with Crippen LogP contribution >= 0.6 is 0 Å². The minimum absolute atomic E-state index is 1.27. The van der Waals surface area contributed by atoms with E-state index in [0.29, 0.717) is 0 Å². The summed E-state index contributed by atoms with van der Waals surface area (Å²) in [7, 11) is 1.27. The fraction of sp³-hybridized carbons (Fsp3) is 0.846. The highest BCUT2D eigenvalue weighted by atomic mass is 28.1. The van der Waals surface area contributed by atoms with Gasteiger partial charge >= 0.3 is 0 Å². The van der Waals surface area contributed by atoms with Crippen molar-refractivity contribution in [1.82, 2.24) is 4.90 Å². The summed E-state index contributed by atoms with van der Waals surface area (Å²) in [5.74, 6) is 0. The molecule has 0 bridgehead atoms. The molecule has 0 amide bonds. The molecular formula is C13H27NSi. The standard InChI is InChI=1S/C13H27NSi/c1-3-12(13(15)4-2)8-11-14-9-6-5-7-10-14/h3-11H2,1-2,15H3. The smallest absolute Gasteiger partial charge is 0.0332 e. The fourth-order valence-electron chi connectivity index (χ4n) is 2.42. The number of nitrogens with zero attached hydrogens (tertiary/aromatic N) is 1. The lowest BCUT2D eigenvalue weighted by atomic mass is 10.1. The first kappa shape index (κ1) is 13.0. The van der Waals surface area contributed by atoms with E-state index < -0.39 is 0 Å². The molecule has 0 saturated carbocycles. The van der Waals surface area contributed by atoms with Crippen LogP contribution in [0, 0.1) is 0 Å². The van der Waals surface area contributed by atoms with Crippen molar-refractivity contribution in [1.29, 1.82) is 0 Å². The molecule has 0 spiro atoms. The molecule has 1 nitrogen and oxygen atoms in total. The lowest BCUT2D eigenvalue weighted by Crippen LogP contribution is -2.30. The van der Waals surface area contributed by atoms with Gasteiger partial charge in [0, 0.05) is 16.8 Å². The van der Waals surface area contributed by atoms with Gasteiger partial charge in [-0.25, -0.2) is 0 Å². The molecule has 0 aliphatic carbocycles. The third kappa shape index (κ3) is 4.52. The van der Waals surface area contributed by atoms with Crippen molar-refractivity contribution >= 4 is 10.2 Å². The van der Waals surface area contributed by atoms with Gasteiger partial charge in [-0.05, 0) is 45.2 Å². The van der Waals surface area contributed by atoms with Crippen LogP contribution in [0.3, 0.4) is 0 Å². The molecule has 0 aromatic carbocycles. The molecule has 88 valence electrons. The summed E-state index contributed by atoms with van der Waals surface area (Å²) in [6.45, 7) is 8.63. The van der Waals surface area contributed by atoms with Gasteiger partial charge in [-0.2, -0.15) is 0 Å². The zero-order valence-electron chi connectivity index (χ0n) is 10.8. The van der Waals surface area contributed by atoms with Gasteiger partial charge < -0.3 is 4.90 Å². The summed E-state index contributed by atoms with van der Waals surface area (Å²) < 4.78 is 0. The summed E-state index contributed by atoms with van der Waals surface area (Å²) >= 11 is 0. The van der Waals surface area contributed by atoms with Crippen molar-refractivity contribution in [3.63, 3.8) is 0 Å². The largest absolute Gasteiger partial charge is 0.303 e. The molecule has 0 N–H and O–H groups in total. The molecule has 1 saturated heterocycles. The van der Waals surface area contributed by atoms with E-state index in [9.17, 15) is 0 Å². The number of allylic oxidation sites excluding steroid dienone is 1. The quantitative estimate of drug-likeness (QED) is 0.649. The monoisotopic (exact) mass is 225 g/mol. The number of hydrogen-bond donors (Lipinski definition) is 0. The van der Waals surface area contributed by atoms with Crippen LogP contribution < -0.4 is 0 Å². The van der Waals surface area contributed by atoms with Crippen molar-refractivity contribution in [2.24, 2.45) is 0 Å². The van der Waals surface area contributed by atoms with Gasteiger partial charge in [-0.1, -0.05) is 31.0 Å². The SMILES string of the molecule is CCC([SiH3])=C(CC)CCN1CCCCC1. The van der Waals surface area contributed by atoms with Gasteiger partial charge in [0.1, 0.15) is 0 Å². The average Bonchev–Trinajstić information content (AvgIpc) is 2.31. The van der Waals surface area contributed by atoms with Gasteiger partial charge in [0.05, 0.1) is 0 Å². The first-order chi connectivity index (χ1) is 7.27. The lowest BCUT2D eigenvalue weighted by Gasteiger charge is -2.27. The van der Waals surface area contributed by atoms with E-state index in [1.54, 1.807) is 10.8 Å². The van der Waals surface area contributed by atoms with E-state index in [1.165, 1.54) is 68.4 Å². The highest BCUT2D eigenvalue weighted by Gasteiger charge is 2.10. The Labute approximate surface area is 98.4 Å². The van der Waals surface area contributed by atoms with E-state index in [-0.39, 0.29) is 0 Å². The number of piperidine rings is 1. The van der Waals surface area contributed by atoms with Crippen LogP contribution in [0.5, 0.6) is 0 Å². The maximum absolute atomic E-state index is 2.66. The Hall–Kier alpha value is -0.0831. The van der Waals surface area contributed by atoms with Crippen molar-refractivity contribution in [2.45, 2.75) is 52.4 Å². The highest BCUT2D eigenvalue weighted by molar-refractivity contribution is 6.21. The summed E-state index contributed by atoms with van der Waals surface area (Å²) in [5.41, 5.74) is 1.76. The Morgan fingerprint density at radius 3 is 2.27 bits per heavy atom. The molecule has 1 aliphatic rings. The summed E-state index contributed by atoms with van der Waals surface area (Å²) in [6.07, 6.45) is 8.20. The third-order valence-electron chi connectivity index (χ3n) is 3.74. The molecule has 0 unspecified atom stereocenters. The average molecular weight is 225 g/mol. The number of rotatable bonds is 5. The Morgan fingerprint density at radius 2 is 1.73 bits per heavy atom. The zero-order chi connectivity index (χ0) is 11.1. The molecule has 1 rings (SSSR count). The Balaban J connectivity index is 2.33. The van der Waals surface area contributed by atoms with Crippen LogP contribution in [-0.2, 0) is 0 Å². The molecule has 0 radical (unpaired) electrons. The Kier molecular flexibility index (Phi) is 6.26. The first-order valence-electron chi connectivity index (χ1n) is 6.67. The third-order valence-corrected chi connectivity index (χ3v) is 5.15. The van der Waals surface area contributed by atoms with Gasteiger partial charge in [0.15, 0.2) is 0 Å². The van der Waals surface area contributed by atoms with E-state index in [0.717, 1.165) is 0 Å². The first-order valence-corrected chi connectivity index (χ1v) is 7.67. The van der Waals surface area contributed by atoms with E-state index in [4.69, 9.17) is 0 Å². The summed E-state index contributed by atoms with van der Waals surface area (Å²) in [4.78, 5) is 2.66. The minimum Gasteiger partial charge on any atom is -0.303 e. The molecule has 1 aliphatic heterocycles. The number of hydrogen-bond acceptors (Lipinski definition) is 1. The van der Waals surface area contributed by atoms with E-state index in [1.807, 2.05) is 0 Å². The molecule has 0 atom stereocenters. The Morgan fingerprint density at radius 1 is 1.07 bits per heavy atom. The fourth-order valence-corrected chi connectivity index (χ4v) is 3.02. The molecule has 1 heterocycles. The normalized spacial score (nSPS) is 20.4. The van der Waals surface area contributed by atoms with Gasteiger partial charge in [-0.3, -0.25) is 0 Å². The second-order valence-electron chi connectivity index (χ2n) is 4.74. The predicted molar refractivity (Wildman–Crippen MR) is 72.5 cm³/mol. The van der Waals surface area contributed by atoms with E-state index in [2.05, 4.69) is 18.7 Å². The van der Waals surface area contributed by atoms with Gasteiger partial charge in [0.25, 0.3) is 0 Å². The maximum atomic E-state index is 2.66. The maximum Gasteiger partial charge on any atom is 0.0332 e. The van der Waals surface area contributed by atoms with Crippen LogP contribution in [-0.4, -0.2) is 34.8 Å². The molecule has 2 heteroatoms. The van der Waals surface area contributed by atoms with Crippen LogP contribution in [0.25, 0.3) is 0 Å². The molecule has 15 heavy (non-hydrogen) atoms. The molecule has 1 fully saturated rings. The lowest BCUT2D eigenvalue weighted by molar-refractivity contribution is 0.231. The molecule has 0 aromatic heterocycles. The van der Waals surface area contributed by atoms with Crippen molar-refractivity contribution in [3.8, 4) is 0 Å². The second-order valence-corrected chi connectivity index (χ2v) is 5.95. The topological polar surface area (TPSA) is 3.24 Å². The van der Waals surface area contributed by atoms with Crippen LogP contribution in [0.4, 0.5) is 0 Å². The molecule has 0 aromatic rings. The van der Waals surface area contributed by atoms with Crippen molar-refractivity contribution < 1.29 is 0 Å². The Bertz CT molecular complexity index is 205. The van der Waals surface area contributed by atoms with E-state index >= 15 is 0 Å². The van der Waals surface area contributed by atoms with Crippen LogP contribution in [0.1, 0.15) is 52.4 Å². The summed E-state index contributed by atoms with van der Waals surface area (Å²) in [5, 5.41) is 1.76. The zero-order valence-corrected chi connectivity index (χ0v) is 12.8. The van der Waals surface area contributed by atoms with Crippen molar-refractivity contribution in [3.05, 3.63) is 10.8 Å². The van der Waals surface area contributed by atoms with Crippen LogP contribution in [0.15, 0.2) is 10.8 Å². The van der Waals surface area contributed by atoms with Gasteiger partial charge in [0.2, 0.25) is 0 Å². The minimum atomic E-state index is 1.27. The highest BCUT2D eigenvalue weighted by Crippen LogP contribution is 2.16. The van der Waals surface area contributed by atoms with Crippen molar-refractivity contribution in [2.75, 3.05) is 19.6 Å². The van der Waals surface area contributed by atoms with Gasteiger partial charge in [-0.15, -0.1) is 0 Å².